The molecule has 0 fully saturated rings. The number of methoxy groups -OCH3 is 1. The molecule has 0 unspecified atom stereocenters. The molecule has 0 bridgehead atoms. The summed E-state index contributed by atoms with van der Waals surface area (Å²) < 4.78 is 7.19. The fourth-order valence-electron chi connectivity index (χ4n) is 1.81. The van der Waals surface area contributed by atoms with Gasteiger partial charge in [-0.1, -0.05) is 30.3 Å². The number of hydrogen-bond acceptors (Lipinski definition) is 4. The smallest absolute Gasteiger partial charge is 0.145 e. The molecule has 18 heavy (non-hydrogen) atoms. The molecule has 0 aliphatic carbocycles. The van der Waals surface area contributed by atoms with Crippen LogP contribution < -0.4 is 10.1 Å². The highest BCUT2D eigenvalue weighted by molar-refractivity contribution is 5.38. The standard InChI is InChI=1S/C13H18N4O/c1-3-8-17-13(10-15-16-17)14-9-11-6-4-5-7-12(11)18-2/h4-7,10,14H,3,8-9H2,1-2H3. The second kappa shape index (κ2) is 6.05. The van der Waals surface area contributed by atoms with Gasteiger partial charge in [0.2, 0.25) is 0 Å². The van der Waals surface area contributed by atoms with Gasteiger partial charge in [-0.25, -0.2) is 4.68 Å². The fourth-order valence-corrected chi connectivity index (χ4v) is 1.81. The van der Waals surface area contributed by atoms with E-state index >= 15 is 0 Å². The molecule has 0 radical (unpaired) electrons. The lowest BCUT2D eigenvalue weighted by Crippen LogP contribution is -2.08. The molecule has 0 aliphatic rings. The summed E-state index contributed by atoms with van der Waals surface area (Å²) in [5.74, 6) is 1.82. The third-order valence-electron chi connectivity index (χ3n) is 2.71. The summed E-state index contributed by atoms with van der Waals surface area (Å²) in [6.45, 7) is 3.68. The van der Waals surface area contributed by atoms with Crippen molar-refractivity contribution < 1.29 is 4.74 Å². The Kier molecular flexibility index (Phi) is 4.17. The molecule has 0 aliphatic heterocycles. The van der Waals surface area contributed by atoms with Gasteiger partial charge >= 0.3 is 0 Å². The SMILES string of the molecule is CCCn1nncc1NCc1ccccc1OC. The van der Waals surface area contributed by atoms with E-state index in [0.29, 0.717) is 6.54 Å². The van der Waals surface area contributed by atoms with Crippen LogP contribution in [0.4, 0.5) is 5.82 Å². The van der Waals surface area contributed by atoms with Crippen LogP contribution in [0.3, 0.4) is 0 Å². The van der Waals surface area contributed by atoms with Crippen molar-refractivity contribution in [2.24, 2.45) is 0 Å². The van der Waals surface area contributed by atoms with Crippen LogP contribution in [0.25, 0.3) is 0 Å². The van der Waals surface area contributed by atoms with Crippen molar-refractivity contribution in [3.63, 3.8) is 0 Å². The number of hydrogen-bond donors (Lipinski definition) is 1. The molecule has 0 atom stereocenters. The number of nitrogens with one attached hydrogen (secondary N) is 1. The van der Waals surface area contributed by atoms with Gasteiger partial charge in [0.05, 0.1) is 13.3 Å². The Balaban J connectivity index is 2.04. The van der Waals surface area contributed by atoms with Crippen LogP contribution in [0, 0.1) is 0 Å². The lowest BCUT2D eigenvalue weighted by Gasteiger charge is -2.10. The molecule has 2 aromatic rings. The van der Waals surface area contributed by atoms with E-state index in [1.54, 1.807) is 13.3 Å². The lowest BCUT2D eigenvalue weighted by atomic mass is 10.2. The average molecular weight is 246 g/mol. The van der Waals surface area contributed by atoms with E-state index in [1.807, 2.05) is 28.9 Å². The van der Waals surface area contributed by atoms with E-state index in [0.717, 1.165) is 30.1 Å². The first-order chi connectivity index (χ1) is 8.85. The Morgan fingerprint density at radius 1 is 1.33 bits per heavy atom. The topological polar surface area (TPSA) is 52.0 Å². The van der Waals surface area contributed by atoms with Crippen molar-refractivity contribution in [1.82, 2.24) is 15.0 Å². The predicted molar refractivity (Wildman–Crippen MR) is 70.6 cm³/mol. The molecule has 1 aromatic heterocycles. The summed E-state index contributed by atoms with van der Waals surface area (Å²) in [5.41, 5.74) is 1.12. The molecule has 1 aromatic carbocycles. The Morgan fingerprint density at radius 3 is 2.94 bits per heavy atom. The number of benzene rings is 1. The normalized spacial score (nSPS) is 10.3. The minimum absolute atomic E-state index is 0.696. The maximum absolute atomic E-state index is 5.31. The summed E-state index contributed by atoms with van der Waals surface area (Å²) in [5, 5.41) is 11.3. The van der Waals surface area contributed by atoms with E-state index in [1.165, 1.54) is 0 Å². The first kappa shape index (κ1) is 12.4. The minimum atomic E-state index is 0.696. The number of para-hydroxylation sites is 1. The van der Waals surface area contributed by atoms with Crippen LogP contribution in [-0.4, -0.2) is 22.1 Å². The zero-order valence-corrected chi connectivity index (χ0v) is 10.8. The second-order valence-electron chi connectivity index (χ2n) is 4.01. The Bertz CT molecular complexity index is 495. The zero-order valence-electron chi connectivity index (χ0n) is 10.8. The third-order valence-corrected chi connectivity index (χ3v) is 2.71. The zero-order chi connectivity index (χ0) is 12.8. The van der Waals surface area contributed by atoms with Gasteiger partial charge in [-0.05, 0) is 12.5 Å². The van der Waals surface area contributed by atoms with Crippen molar-refractivity contribution in [2.75, 3.05) is 12.4 Å². The minimum Gasteiger partial charge on any atom is -0.496 e. The molecule has 96 valence electrons. The van der Waals surface area contributed by atoms with Crippen LogP contribution >= 0.6 is 0 Å². The maximum atomic E-state index is 5.31. The number of rotatable bonds is 6. The molecule has 5 heteroatoms. The lowest BCUT2D eigenvalue weighted by molar-refractivity contribution is 0.410. The van der Waals surface area contributed by atoms with Crippen molar-refractivity contribution in [3.8, 4) is 5.75 Å². The number of ether oxygens (including phenoxy) is 1. The second-order valence-corrected chi connectivity index (χ2v) is 4.01. The highest BCUT2D eigenvalue weighted by Gasteiger charge is 2.05. The van der Waals surface area contributed by atoms with Gasteiger partial charge in [0.1, 0.15) is 11.6 Å². The van der Waals surface area contributed by atoms with Gasteiger partial charge in [0.15, 0.2) is 0 Å². The molecular weight excluding hydrogens is 228 g/mol. The van der Waals surface area contributed by atoms with Crippen LogP contribution in [0.5, 0.6) is 5.75 Å². The Morgan fingerprint density at radius 2 is 2.17 bits per heavy atom. The summed E-state index contributed by atoms with van der Waals surface area (Å²) in [6, 6.07) is 7.96. The van der Waals surface area contributed by atoms with E-state index in [2.05, 4.69) is 22.6 Å². The molecule has 0 spiro atoms. The van der Waals surface area contributed by atoms with Crippen LogP contribution in [0.15, 0.2) is 30.5 Å². The molecule has 1 N–H and O–H groups in total. The highest BCUT2D eigenvalue weighted by atomic mass is 16.5. The van der Waals surface area contributed by atoms with Gasteiger partial charge in [0, 0.05) is 18.7 Å². The fraction of sp³-hybridized carbons (Fsp3) is 0.385. The number of aromatic nitrogens is 3. The first-order valence-corrected chi connectivity index (χ1v) is 6.09. The van der Waals surface area contributed by atoms with Gasteiger partial charge in [-0.15, -0.1) is 5.10 Å². The quantitative estimate of drug-likeness (QED) is 0.849. The predicted octanol–water partition coefficient (Wildman–Crippen LogP) is 2.31. The summed E-state index contributed by atoms with van der Waals surface area (Å²) >= 11 is 0. The van der Waals surface area contributed by atoms with Gasteiger partial charge in [0.25, 0.3) is 0 Å². The summed E-state index contributed by atoms with van der Waals surface area (Å²) in [4.78, 5) is 0. The molecular formula is C13H18N4O. The Labute approximate surface area is 107 Å². The maximum Gasteiger partial charge on any atom is 0.145 e. The van der Waals surface area contributed by atoms with Crippen LogP contribution in [0.2, 0.25) is 0 Å². The van der Waals surface area contributed by atoms with E-state index in [9.17, 15) is 0 Å². The first-order valence-electron chi connectivity index (χ1n) is 6.09. The van der Waals surface area contributed by atoms with Crippen molar-refractivity contribution in [1.29, 1.82) is 0 Å². The molecule has 0 saturated heterocycles. The number of aryl methyl sites for hydroxylation is 1. The highest BCUT2D eigenvalue weighted by Crippen LogP contribution is 2.18. The average Bonchev–Trinajstić information content (AvgIpc) is 2.84. The van der Waals surface area contributed by atoms with Gasteiger partial charge in [-0.3, -0.25) is 0 Å². The van der Waals surface area contributed by atoms with E-state index in [4.69, 9.17) is 4.74 Å². The third kappa shape index (κ3) is 2.80. The summed E-state index contributed by atoms with van der Waals surface area (Å²) in [6.07, 6.45) is 2.78. The molecule has 0 amide bonds. The van der Waals surface area contributed by atoms with Crippen LogP contribution in [0.1, 0.15) is 18.9 Å². The molecule has 5 nitrogen and oxygen atoms in total. The van der Waals surface area contributed by atoms with Crippen LogP contribution in [-0.2, 0) is 13.1 Å². The van der Waals surface area contributed by atoms with E-state index < -0.39 is 0 Å². The molecule has 1 heterocycles. The van der Waals surface area contributed by atoms with Crippen molar-refractivity contribution in [2.45, 2.75) is 26.4 Å². The number of anilines is 1. The molecule has 0 saturated carbocycles. The number of nitrogens with zero attached hydrogens (tertiary/aromatic N) is 3. The van der Waals surface area contributed by atoms with E-state index in [-0.39, 0.29) is 0 Å². The summed E-state index contributed by atoms with van der Waals surface area (Å²) in [7, 11) is 1.68. The van der Waals surface area contributed by atoms with Gasteiger partial charge < -0.3 is 10.1 Å². The largest absolute Gasteiger partial charge is 0.496 e. The monoisotopic (exact) mass is 246 g/mol. The van der Waals surface area contributed by atoms with Gasteiger partial charge in [-0.2, -0.15) is 0 Å². The Hall–Kier alpha value is -2.04. The molecule has 2 rings (SSSR count). The van der Waals surface area contributed by atoms with Crippen molar-refractivity contribution >= 4 is 5.82 Å². The van der Waals surface area contributed by atoms with Crippen molar-refractivity contribution in [3.05, 3.63) is 36.0 Å².